The van der Waals surface area contributed by atoms with Gasteiger partial charge >= 0.3 is 5.97 Å². The highest BCUT2D eigenvalue weighted by Crippen LogP contribution is 2.31. The summed E-state index contributed by atoms with van der Waals surface area (Å²) in [6, 6.07) is 12.5. The fourth-order valence-electron chi connectivity index (χ4n) is 2.82. The van der Waals surface area contributed by atoms with E-state index in [1.807, 2.05) is 24.3 Å². The van der Waals surface area contributed by atoms with E-state index in [1.165, 1.54) is 21.1 Å². The summed E-state index contributed by atoms with van der Waals surface area (Å²) in [6.45, 7) is 5.73. The zero-order valence-electron chi connectivity index (χ0n) is 16.9. The van der Waals surface area contributed by atoms with Crippen molar-refractivity contribution < 1.29 is 23.8 Å². The van der Waals surface area contributed by atoms with E-state index in [4.69, 9.17) is 14.2 Å². The molecule has 2 atom stereocenters. The van der Waals surface area contributed by atoms with Crippen LogP contribution in [-0.2, 0) is 9.53 Å². The van der Waals surface area contributed by atoms with E-state index >= 15 is 0 Å². The Morgan fingerprint density at radius 3 is 2.36 bits per heavy atom. The molecule has 0 bridgehead atoms. The molecular formula is C22H27NO5. The number of esters is 1. The van der Waals surface area contributed by atoms with Gasteiger partial charge in [-0.3, -0.25) is 4.79 Å². The molecule has 0 radical (unpaired) electrons. The van der Waals surface area contributed by atoms with Gasteiger partial charge in [-0.15, -0.1) is 0 Å². The summed E-state index contributed by atoms with van der Waals surface area (Å²) in [5, 5.41) is 2.86. The number of carbonyl (C=O) groups excluding carboxylic acids is 2. The molecule has 0 saturated heterocycles. The lowest BCUT2D eigenvalue weighted by molar-refractivity contribution is -0.123. The number of hydrogen-bond donors (Lipinski definition) is 1. The summed E-state index contributed by atoms with van der Waals surface area (Å²) >= 11 is 0. The molecule has 0 aliphatic rings. The van der Waals surface area contributed by atoms with Crippen LogP contribution in [0.1, 0.15) is 49.0 Å². The Hall–Kier alpha value is -3.02. The summed E-state index contributed by atoms with van der Waals surface area (Å²) in [4.78, 5) is 25.1. The largest absolute Gasteiger partial charge is 0.493 e. The minimum Gasteiger partial charge on any atom is -0.493 e. The standard InChI is InChI=1S/C22H27NO5/c1-6-14(2)16-10-7-8-12-18(16)23-21(24)15(3)28-22(25)17-11-9-13-19(26-4)20(17)27-5/h7-15H,6H2,1-5H3,(H,23,24)/t14-,15+/m0/s1. The van der Waals surface area contributed by atoms with Crippen molar-refractivity contribution in [2.75, 3.05) is 19.5 Å². The Labute approximate surface area is 165 Å². The molecule has 1 N–H and O–H groups in total. The van der Waals surface area contributed by atoms with Crippen molar-refractivity contribution in [2.45, 2.75) is 39.2 Å². The first-order chi connectivity index (χ1) is 13.4. The second-order valence-corrected chi connectivity index (χ2v) is 6.47. The van der Waals surface area contributed by atoms with Crippen LogP contribution >= 0.6 is 0 Å². The molecular weight excluding hydrogens is 358 g/mol. The number of anilines is 1. The van der Waals surface area contributed by atoms with Crippen LogP contribution < -0.4 is 14.8 Å². The Bertz CT molecular complexity index is 833. The van der Waals surface area contributed by atoms with Crippen molar-refractivity contribution >= 4 is 17.6 Å². The number of benzene rings is 2. The number of para-hydroxylation sites is 2. The van der Waals surface area contributed by atoms with E-state index in [0.29, 0.717) is 11.7 Å². The fourth-order valence-corrected chi connectivity index (χ4v) is 2.82. The van der Waals surface area contributed by atoms with Crippen molar-refractivity contribution in [1.82, 2.24) is 0 Å². The van der Waals surface area contributed by atoms with Crippen LogP contribution in [0.2, 0.25) is 0 Å². The summed E-state index contributed by atoms with van der Waals surface area (Å²) in [5.41, 5.74) is 1.97. The van der Waals surface area contributed by atoms with Crippen molar-refractivity contribution in [3.63, 3.8) is 0 Å². The van der Waals surface area contributed by atoms with E-state index in [1.54, 1.807) is 18.2 Å². The van der Waals surface area contributed by atoms with Crippen LogP contribution in [0.4, 0.5) is 5.69 Å². The second kappa shape index (κ2) is 9.78. The van der Waals surface area contributed by atoms with Crippen molar-refractivity contribution in [1.29, 1.82) is 0 Å². The summed E-state index contributed by atoms with van der Waals surface area (Å²) in [6.07, 6.45) is -0.0269. The molecule has 0 heterocycles. The first kappa shape index (κ1) is 21.3. The highest BCUT2D eigenvalue weighted by atomic mass is 16.6. The third-order valence-corrected chi connectivity index (χ3v) is 4.64. The molecule has 2 rings (SSSR count). The maximum atomic E-state index is 12.6. The summed E-state index contributed by atoms with van der Waals surface area (Å²) in [5.74, 6) is -0.0729. The third-order valence-electron chi connectivity index (χ3n) is 4.64. The van der Waals surface area contributed by atoms with Gasteiger partial charge in [0.15, 0.2) is 17.6 Å². The number of nitrogens with one attached hydrogen (secondary N) is 1. The molecule has 28 heavy (non-hydrogen) atoms. The molecule has 6 nitrogen and oxygen atoms in total. The predicted octanol–water partition coefficient (Wildman–Crippen LogP) is 4.40. The predicted molar refractivity (Wildman–Crippen MR) is 108 cm³/mol. The molecule has 0 unspecified atom stereocenters. The molecule has 2 aromatic rings. The highest BCUT2D eigenvalue weighted by molar-refractivity contribution is 5.99. The molecule has 6 heteroatoms. The van der Waals surface area contributed by atoms with Gasteiger partial charge in [0.05, 0.1) is 14.2 Å². The van der Waals surface area contributed by atoms with E-state index in [0.717, 1.165) is 17.7 Å². The molecule has 0 aliphatic carbocycles. The Balaban J connectivity index is 2.13. The van der Waals surface area contributed by atoms with Gasteiger partial charge in [0.1, 0.15) is 5.56 Å². The number of methoxy groups -OCH3 is 2. The van der Waals surface area contributed by atoms with Crippen LogP contribution in [0.5, 0.6) is 11.5 Å². The van der Waals surface area contributed by atoms with E-state index in [9.17, 15) is 9.59 Å². The smallest absolute Gasteiger partial charge is 0.342 e. The Morgan fingerprint density at radius 1 is 1.00 bits per heavy atom. The first-order valence-electron chi connectivity index (χ1n) is 9.24. The zero-order chi connectivity index (χ0) is 20.7. The highest BCUT2D eigenvalue weighted by Gasteiger charge is 2.24. The maximum absolute atomic E-state index is 12.6. The van der Waals surface area contributed by atoms with Gasteiger partial charge in [-0.05, 0) is 43.0 Å². The lowest BCUT2D eigenvalue weighted by Crippen LogP contribution is -2.30. The van der Waals surface area contributed by atoms with Crippen molar-refractivity contribution in [2.24, 2.45) is 0 Å². The zero-order valence-corrected chi connectivity index (χ0v) is 16.9. The Morgan fingerprint density at radius 2 is 1.71 bits per heavy atom. The third kappa shape index (κ3) is 4.82. The normalized spacial score (nSPS) is 12.6. The first-order valence-corrected chi connectivity index (χ1v) is 9.24. The Kier molecular flexibility index (Phi) is 7.44. The van der Waals surface area contributed by atoms with E-state index in [-0.39, 0.29) is 11.3 Å². The topological polar surface area (TPSA) is 73.9 Å². The summed E-state index contributed by atoms with van der Waals surface area (Å²) < 4.78 is 15.8. The van der Waals surface area contributed by atoms with Crippen LogP contribution in [0, 0.1) is 0 Å². The van der Waals surface area contributed by atoms with Gasteiger partial charge in [-0.1, -0.05) is 38.1 Å². The number of amides is 1. The average Bonchev–Trinajstić information content (AvgIpc) is 2.72. The van der Waals surface area contributed by atoms with Gasteiger partial charge in [0.25, 0.3) is 5.91 Å². The van der Waals surface area contributed by atoms with Gasteiger partial charge in [-0.2, -0.15) is 0 Å². The quantitative estimate of drug-likeness (QED) is 0.682. The maximum Gasteiger partial charge on any atom is 0.342 e. The van der Waals surface area contributed by atoms with Crippen LogP contribution in [0.3, 0.4) is 0 Å². The van der Waals surface area contributed by atoms with Crippen molar-refractivity contribution in [3.05, 3.63) is 53.6 Å². The number of rotatable bonds is 8. The number of carbonyl (C=O) groups is 2. The molecule has 1 amide bonds. The van der Waals surface area contributed by atoms with Gasteiger partial charge < -0.3 is 19.5 Å². The molecule has 2 aromatic carbocycles. The number of hydrogen-bond acceptors (Lipinski definition) is 5. The van der Waals surface area contributed by atoms with Gasteiger partial charge in [0.2, 0.25) is 0 Å². The van der Waals surface area contributed by atoms with Crippen LogP contribution in [0.15, 0.2) is 42.5 Å². The second-order valence-electron chi connectivity index (χ2n) is 6.47. The molecule has 0 saturated carbocycles. The van der Waals surface area contributed by atoms with E-state index < -0.39 is 18.0 Å². The van der Waals surface area contributed by atoms with Crippen LogP contribution in [-0.4, -0.2) is 32.2 Å². The molecule has 0 fully saturated rings. The summed E-state index contributed by atoms with van der Waals surface area (Å²) in [7, 11) is 2.92. The SMILES string of the molecule is CC[C@H](C)c1ccccc1NC(=O)[C@@H](C)OC(=O)c1cccc(OC)c1OC. The minimum atomic E-state index is -0.978. The molecule has 0 spiro atoms. The monoisotopic (exact) mass is 385 g/mol. The molecule has 0 aliphatic heterocycles. The van der Waals surface area contributed by atoms with E-state index in [2.05, 4.69) is 19.2 Å². The molecule has 150 valence electrons. The van der Waals surface area contributed by atoms with Gasteiger partial charge in [0, 0.05) is 5.69 Å². The number of ether oxygens (including phenoxy) is 3. The molecule has 0 aromatic heterocycles. The van der Waals surface area contributed by atoms with Gasteiger partial charge in [-0.25, -0.2) is 4.79 Å². The minimum absolute atomic E-state index is 0.196. The van der Waals surface area contributed by atoms with Crippen molar-refractivity contribution in [3.8, 4) is 11.5 Å². The lowest BCUT2D eigenvalue weighted by atomic mass is 9.97. The lowest BCUT2D eigenvalue weighted by Gasteiger charge is -2.18. The fraction of sp³-hybridized carbons (Fsp3) is 0.364. The average molecular weight is 385 g/mol. The van der Waals surface area contributed by atoms with Crippen LogP contribution in [0.25, 0.3) is 0 Å².